The average Bonchev–Trinajstić information content (AvgIpc) is 3.26. The number of methoxy groups -OCH3 is 1. The van der Waals surface area contributed by atoms with Gasteiger partial charge in [-0.15, -0.1) is 12.4 Å². The standard InChI is InChI=1S/C22H24ClFN4O2.ClH.H2O/c1-29-20-12-16-19(13-21(20)30-10-4-9-28-7-2-3-8-28)25-14-26-22(16)27-18-6-5-15(23)11-17(18)24;;/h5-6,11-14H,2-4,7-10H2,1H3,(H,25,26,27);1H;1H2. The van der Waals surface area contributed by atoms with Crippen LogP contribution in [0.2, 0.25) is 5.02 Å². The summed E-state index contributed by atoms with van der Waals surface area (Å²) in [6.45, 7) is 4.00. The van der Waals surface area contributed by atoms with Crippen LogP contribution in [-0.2, 0) is 0 Å². The zero-order valence-corrected chi connectivity index (χ0v) is 19.3. The van der Waals surface area contributed by atoms with Crippen molar-refractivity contribution in [2.45, 2.75) is 19.3 Å². The lowest BCUT2D eigenvalue weighted by Gasteiger charge is -2.16. The Morgan fingerprint density at radius 3 is 2.62 bits per heavy atom. The molecular formula is C22H27Cl2FN4O3. The fourth-order valence-corrected chi connectivity index (χ4v) is 3.79. The van der Waals surface area contributed by atoms with E-state index in [1.807, 2.05) is 6.07 Å². The molecule has 10 heteroatoms. The Morgan fingerprint density at radius 1 is 1.12 bits per heavy atom. The lowest BCUT2D eigenvalue weighted by Crippen LogP contribution is -2.21. The Bertz CT molecular complexity index is 1040. The number of anilines is 2. The second kappa shape index (κ2) is 12.0. The van der Waals surface area contributed by atoms with Crippen molar-refractivity contribution in [2.24, 2.45) is 0 Å². The van der Waals surface area contributed by atoms with Crippen LogP contribution in [0.15, 0.2) is 36.7 Å². The molecule has 4 rings (SSSR count). The molecular weight excluding hydrogens is 458 g/mol. The molecule has 0 atom stereocenters. The molecule has 0 aliphatic carbocycles. The van der Waals surface area contributed by atoms with Crippen molar-refractivity contribution >= 4 is 46.4 Å². The van der Waals surface area contributed by atoms with E-state index < -0.39 is 5.82 Å². The fraction of sp³-hybridized carbons (Fsp3) is 0.364. The SMILES string of the molecule is COc1cc2c(Nc3ccc(Cl)cc3F)ncnc2cc1OCCCN1CCCC1.Cl.O. The summed E-state index contributed by atoms with van der Waals surface area (Å²) < 4.78 is 25.7. The van der Waals surface area contributed by atoms with Gasteiger partial charge in [-0.3, -0.25) is 0 Å². The molecule has 1 saturated heterocycles. The topological polar surface area (TPSA) is 91.0 Å². The van der Waals surface area contributed by atoms with E-state index in [4.69, 9.17) is 21.1 Å². The maximum Gasteiger partial charge on any atom is 0.163 e. The molecule has 7 nitrogen and oxygen atoms in total. The second-order valence-corrected chi connectivity index (χ2v) is 7.68. The van der Waals surface area contributed by atoms with Gasteiger partial charge < -0.3 is 25.2 Å². The molecule has 32 heavy (non-hydrogen) atoms. The Hall–Kier alpha value is -2.39. The molecule has 0 unspecified atom stereocenters. The third kappa shape index (κ3) is 6.10. The molecule has 174 valence electrons. The lowest BCUT2D eigenvalue weighted by atomic mass is 10.2. The number of hydrogen-bond donors (Lipinski definition) is 1. The number of halogens is 3. The van der Waals surface area contributed by atoms with Crippen molar-refractivity contribution in [3.8, 4) is 11.5 Å². The second-order valence-electron chi connectivity index (χ2n) is 7.24. The molecule has 0 radical (unpaired) electrons. The van der Waals surface area contributed by atoms with Gasteiger partial charge in [-0.25, -0.2) is 14.4 Å². The number of ether oxygens (including phenoxy) is 2. The van der Waals surface area contributed by atoms with Gasteiger partial charge in [-0.05, 0) is 56.6 Å². The molecule has 0 saturated carbocycles. The molecule has 1 aromatic heterocycles. The highest BCUT2D eigenvalue weighted by Gasteiger charge is 2.14. The van der Waals surface area contributed by atoms with Crippen LogP contribution in [0.5, 0.6) is 11.5 Å². The zero-order valence-electron chi connectivity index (χ0n) is 17.7. The van der Waals surface area contributed by atoms with Crippen molar-refractivity contribution in [3.05, 3.63) is 47.5 Å². The highest BCUT2D eigenvalue weighted by Crippen LogP contribution is 2.35. The smallest absolute Gasteiger partial charge is 0.163 e. The van der Waals surface area contributed by atoms with Crippen LogP contribution in [0.4, 0.5) is 15.9 Å². The van der Waals surface area contributed by atoms with Crippen LogP contribution in [0, 0.1) is 5.82 Å². The number of fused-ring (bicyclic) bond motifs is 1. The van der Waals surface area contributed by atoms with E-state index in [1.165, 1.54) is 38.3 Å². The predicted octanol–water partition coefficient (Wildman–Crippen LogP) is 4.64. The summed E-state index contributed by atoms with van der Waals surface area (Å²) >= 11 is 5.83. The quantitative estimate of drug-likeness (QED) is 0.468. The van der Waals surface area contributed by atoms with E-state index in [0.717, 1.165) is 13.0 Å². The lowest BCUT2D eigenvalue weighted by molar-refractivity contribution is 0.254. The van der Waals surface area contributed by atoms with Gasteiger partial charge in [0.1, 0.15) is 18.0 Å². The Balaban J connectivity index is 0.00000181. The molecule has 3 aromatic rings. The minimum Gasteiger partial charge on any atom is -0.493 e. The largest absolute Gasteiger partial charge is 0.493 e. The summed E-state index contributed by atoms with van der Waals surface area (Å²) in [5.74, 6) is 1.23. The van der Waals surface area contributed by atoms with Crippen molar-refractivity contribution in [2.75, 3.05) is 38.7 Å². The van der Waals surface area contributed by atoms with Gasteiger partial charge in [-0.2, -0.15) is 0 Å². The van der Waals surface area contributed by atoms with Crippen molar-refractivity contribution in [1.29, 1.82) is 0 Å². The molecule has 2 heterocycles. The minimum absolute atomic E-state index is 0. The monoisotopic (exact) mass is 484 g/mol. The van der Waals surface area contributed by atoms with Crippen molar-refractivity contribution in [1.82, 2.24) is 14.9 Å². The van der Waals surface area contributed by atoms with Gasteiger partial charge in [0, 0.05) is 23.0 Å². The molecule has 3 N–H and O–H groups in total. The average molecular weight is 485 g/mol. The van der Waals surface area contributed by atoms with E-state index in [2.05, 4.69) is 20.2 Å². The number of likely N-dealkylation sites (tertiary alicyclic amines) is 1. The van der Waals surface area contributed by atoms with Crippen LogP contribution in [0.25, 0.3) is 10.9 Å². The van der Waals surface area contributed by atoms with Gasteiger partial charge in [0.25, 0.3) is 0 Å². The first kappa shape index (κ1) is 25.9. The number of benzene rings is 2. The zero-order chi connectivity index (χ0) is 20.9. The fourth-order valence-electron chi connectivity index (χ4n) is 3.63. The van der Waals surface area contributed by atoms with E-state index in [-0.39, 0.29) is 23.6 Å². The highest BCUT2D eigenvalue weighted by molar-refractivity contribution is 6.30. The molecule has 1 fully saturated rings. The summed E-state index contributed by atoms with van der Waals surface area (Å²) in [6, 6.07) is 8.07. The van der Waals surface area contributed by atoms with Gasteiger partial charge in [0.05, 0.1) is 24.9 Å². The third-order valence-electron chi connectivity index (χ3n) is 5.18. The Labute approximate surface area is 197 Å². The summed E-state index contributed by atoms with van der Waals surface area (Å²) in [4.78, 5) is 11.1. The number of rotatable bonds is 8. The number of nitrogens with one attached hydrogen (secondary N) is 1. The number of nitrogens with zero attached hydrogens (tertiary/aromatic N) is 3. The van der Waals surface area contributed by atoms with Gasteiger partial charge in [0.15, 0.2) is 11.5 Å². The first-order chi connectivity index (χ1) is 14.6. The van der Waals surface area contributed by atoms with E-state index in [0.29, 0.717) is 39.8 Å². The molecule has 1 aliphatic rings. The Morgan fingerprint density at radius 2 is 1.91 bits per heavy atom. The van der Waals surface area contributed by atoms with Crippen LogP contribution >= 0.6 is 24.0 Å². The maximum atomic E-state index is 14.2. The number of aromatic nitrogens is 2. The molecule has 2 aromatic carbocycles. The first-order valence-corrected chi connectivity index (χ1v) is 10.4. The van der Waals surface area contributed by atoms with Crippen LogP contribution in [-0.4, -0.2) is 53.7 Å². The first-order valence-electron chi connectivity index (χ1n) is 10.0. The van der Waals surface area contributed by atoms with Crippen LogP contribution < -0.4 is 14.8 Å². The van der Waals surface area contributed by atoms with E-state index in [1.54, 1.807) is 25.3 Å². The van der Waals surface area contributed by atoms with Crippen LogP contribution in [0.1, 0.15) is 19.3 Å². The summed E-state index contributed by atoms with van der Waals surface area (Å²) in [7, 11) is 1.59. The van der Waals surface area contributed by atoms with Crippen LogP contribution in [0.3, 0.4) is 0 Å². The highest BCUT2D eigenvalue weighted by atomic mass is 35.5. The van der Waals surface area contributed by atoms with Gasteiger partial charge >= 0.3 is 0 Å². The third-order valence-corrected chi connectivity index (χ3v) is 5.41. The number of hydrogen-bond acceptors (Lipinski definition) is 6. The summed E-state index contributed by atoms with van der Waals surface area (Å²) in [5, 5.41) is 4.04. The maximum absolute atomic E-state index is 14.2. The van der Waals surface area contributed by atoms with E-state index >= 15 is 0 Å². The van der Waals surface area contributed by atoms with Gasteiger partial charge in [-0.1, -0.05) is 11.6 Å². The summed E-state index contributed by atoms with van der Waals surface area (Å²) in [5.41, 5.74) is 0.956. The van der Waals surface area contributed by atoms with E-state index in [9.17, 15) is 4.39 Å². The molecule has 1 aliphatic heterocycles. The summed E-state index contributed by atoms with van der Waals surface area (Å²) in [6.07, 6.45) is 4.96. The normalized spacial score (nSPS) is 13.3. The van der Waals surface area contributed by atoms with Crippen molar-refractivity contribution < 1.29 is 19.3 Å². The van der Waals surface area contributed by atoms with Gasteiger partial charge in [0.2, 0.25) is 0 Å². The molecule has 0 bridgehead atoms. The molecule has 0 amide bonds. The predicted molar refractivity (Wildman–Crippen MR) is 127 cm³/mol. The minimum atomic E-state index is -0.459. The van der Waals surface area contributed by atoms with Crippen molar-refractivity contribution in [3.63, 3.8) is 0 Å². The molecule has 0 spiro atoms. The Kier molecular flexibility index (Phi) is 9.71.